The number of hydrogen-bond donors (Lipinski definition) is 1. The van der Waals surface area contributed by atoms with Crippen LogP contribution in [0.5, 0.6) is 11.5 Å². The number of phenols is 1. The van der Waals surface area contributed by atoms with Gasteiger partial charge in [0.1, 0.15) is 38.1 Å². The molecule has 2 aromatic heterocycles. The number of carbonyl (C=O) groups excluding carboxylic acids is 2. The minimum atomic E-state index is -0.536. The smallest absolute Gasteiger partial charge is 0.410 e. The van der Waals surface area contributed by atoms with Crippen LogP contribution in [0.4, 0.5) is 23.6 Å². The molecule has 0 saturated carbocycles. The Balaban J connectivity index is 0.000000188. The van der Waals surface area contributed by atoms with Gasteiger partial charge in [-0.05, 0) is 98.4 Å². The van der Waals surface area contributed by atoms with Gasteiger partial charge in [-0.3, -0.25) is 4.79 Å². The van der Waals surface area contributed by atoms with Crippen LogP contribution in [0.3, 0.4) is 0 Å². The molecule has 1 N–H and O–H groups in total. The lowest BCUT2D eigenvalue weighted by Crippen LogP contribution is -2.50. The number of ether oxygens (including phenoxy) is 2. The first-order valence-electron chi connectivity index (χ1n) is 19.3. The zero-order valence-electron chi connectivity index (χ0n) is 33.9. The van der Waals surface area contributed by atoms with Crippen molar-refractivity contribution in [3.8, 4) is 33.8 Å². The summed E-state index contributed by atoms with van der Waals surface area (Å²) in [4.78, 5) is 31.8. The third-order valence-corrected chi connectivity index (χ3v) is 14.1. The zero-order chi connectivity index (χ0) is 44.6. The Morgan fingerprint density at radius 3 is 1.71 bits per heavy atom. The molecule has 0 radical (unpaired) electrons. The van der Waals surface area contributed by atoms with Gasteiger partial charge in [0.05, 0.1) is 17.2 Å². The summed E-state index contributed by atoms with van der Waals surface area (Å²) in [6.45, 7) is 13.7. The molecule has 2 saturated heterocycles. The predicted octanol–water partition coefficient (Wildman–Crippen LogP) is 11.6. The molecule has 2 aliphatic heterocycles. The van der Waals surface area contributed by atoms with E-state index < -0.39 is 17.2 Å². The molecule has 0 aliphatic carbocycles. The Morgan fingerprint density at radius 1 is 0.774 bits per heavy atom. The average Bonchev–Trinajstić information content (AvgIpc) is 3.87. The summed E-state index contributed by atoms with van der Waals surface area (Å²) in [6.07, 6.45) is 0.993. The summed E-state index contributed by atoms with van der Waals surface area (Å²) >= 11 is 22.4. The lowest BCUT2D eigenvalue weighted by atomic mass is 10.0. The second-order valence-corrected chi connectivity index (χ2v) is 19.4. The zero-order valence-corrected chi connectivity index (χ0v) is 40.2. The van der Waals surface area contributed by atoms with Crippen molar-refractivity contribution in [3.63, 3.8) is 0 Å². The summed E-state index contributed by atoms with van der Waals surface area (Å²) in [7, 11) is 1.56. The van der Waals surface area contributed by atoms with Gasteiger partial charge in [-0.25, -0.2) is 13.6 Å². The Morgan fingerprint density at radius 2 is 1.24 bits per heavy atom. The fourth-order valence-electron chi connectivity index (χ4n) is 7.15. The first kappa shape index (κ1) is 45.8. The number of halogens is 6. The van der Waals surface area contributed by atoms with Crippen molar-refractivity contribution in [2.45, 2.75) is 26.4 Å². The third kappa shape index (κ3) is 9.48. The number of hydrogen-bond acceptors (Lipinski definition) is 11. The predicted molar refractivity (Wildman–Crippen MR) is 253 cm³/mol. The summed E-state index contributed by atoms with van der Waals surface area (Å²) in [5, 5.41) is 13.3. The van der Waals surface area contributed by atoms with Crippen molar-refractivity contribution in [1.82, 2.24) is 18.5 Å². The number of amides is 2. The third-order valence-electron chi connectivity index (χ3n) is 10.2. The van der Waals surface area contributed by atoms with Gasteiger partial charge in [-0.1, -0.05) is 61.6 Å². The van der Waals surface area contributed by atoms with E-state index in [4.69, 9.17) is 32.7 Å². The SMILES string of the molecule is C=CC(=O)N1CCN(c2snc3c(F)c(-c4cc(O)ccc4Br)c(Cl)cc23)CC1.COc1ccc(Br)c(-c2c(Cl)cc3c(N4CCN(C(=O)OC(C)(C)C)CC4)snc3c2F)c1. The number of rotatable bonds is 6. The van der Waals surface area contributed by atoms with Gasteiger partial charge in [-0.15, -0.1) is 0 Å². The monoisotopic (exact) mass is 1050 g/mol. The number of anilines is 2. The summed E-state index contributed by atoms with van der Waals surface area (Å²) in [5.74, 6) is -0.465. The maximum absolute atomic E-state index is 15.6. The molecular weight excluding hydrogens is 1010 g/mol. The summed E-state index contributed by atoms with van der Waals surface area (Å²) in [5.41, 5.74) is 1.51. The van der Waals surface area contributed by atoms with Crippen molar-refractivity contribution < 1.29 is 33.0 Å². The van der Waals surface area contributed by atoms with Crippen molar-refractivity contribution in [1.29, 1.82) is 0 Å². The van der Waals surface area contributed by atoms with Crippen molar-refractivity contribution >= 4 is 122 Å². The number of phenolic OH excluding ortho intramolecular Hbond substituents is 1. The molecule has 2 fully saturated rings. The highest BCUT2D eigenvalue weighted by atomic mass is 79.9. The lowest BCUT2D eigenvalue weighted by molar-refractivity contribution is -0.126. The minimum Gasteiger partial charge on any atom is -0.508 e. The van der Waals surface area contributed by atoms with Gasteiger partial charge >= 0.3 is 6.09 Å². The molecule has 11 nitrogen and oxygen atoms in total. The van der Waals surface area contributed by atoms with Crippen LogP contribution in [0, 0.1) is 11.6 Å². The van der Waals surface area contributed by atoms with Crippen LogP contribution in [0.25, 0.3) is 44.1 Å². The Labute approximate surface area is 392 Å². The van der Waals surface area contributed by atoms with E-state index in [0.29, 0.717) is 94.0 Å². The van der Waals surface area contributed by atoms with E-state index in [-0.39, 0.29) is 44.9 Å². The van der Waals surface area contributed by atoms with Gasteiger partial charge < -0.3 is 34.2 Å². The second-order valence-electron chi connectivity index (χ2n) is 15.3. The highest BCUT2D eigenvalue weighted by Gasteiger charge is 2.30. The molecule has 0 atom stereocenters. The second kappa shape index (κ2) is 18.8. The lowest BCUT2D eigenvalue weighted by Gasteiger charge is -2.36. The van der Waals surface area contributed by atoms with Crippen LogP contribution < -0.4 is 14.5 Å². The molecule has 6 aromatic rings. The minimum absolute atomic E-state index is 0.0182. The Bertz CT molecular complexity index is 2700. The molecule has 0 unspecified atom stereocenters. The number of fused-ring (bicyclic) bond motifs is 2. The van der Waals surface area contributed by atoms with E-state index in [1.165, 1.54) is 41.3 Å². The first-order valence-corrected chi connectivity index (χ1v) is 23.1. The van der Waals surface area contributed by atoms with Gasteiger partial charge in [0.2, 0.25) is 5.91 Å². The molecule has 4 aromatic carbocycles. The van der Waals surface area contributed by atoms with Gasteiger partial charge in [0.15, 0.2) is 11.6 Å². The number of methoxy groups -OCH3 is 1. The van der Waals surface area contributed by atoms with Crippen LogP contribution in [-0.4, -0.2) is 101 Å². The van der Waals surface area contributed by atoms with Crippen LogP contribution >= 0.6 is 78.1 Å². The quantitative estimate of drug-likeness (QED) is 0.163. The normalized spacial score (nSPS) is 14.5. The molecule has 0 spiro atoms. The van der Waals surface area contributed by atoms with E-state index in [0.717, 1.165) is 10.0 Å². The number of piperazine rings is 2. The van der Waals surface area contributed by atoms with Crippen LogP contribution in [-0.2, 0) is 9.53 Å². The Kier molecular flexibility index (Phi) is 13.9. The molecule has 19 heteroatoms. The van der Waals surface area contributed by atoms with E-state index in [1.807, 2.05) is 20.8 Å². The van der Waals surface area contributed by atoms with E-state index in [9.17, 15) is 14.7 Å². The fourth-order valence-corrected chi connectivity index (χ4v) is 10.4. The number of aromatic hydroxyl groups is 1. The molecular formula is C43H40Br2Cl2F2N6O5S2. The molecule has 2 amide bonds. The van der Waals surface area contributed by atoms with Crippen LogP contribution in [0.2, 0.25) is 10.0 Å². The maximum atomic E-state index is 15.6. The molecule has 0 bridgehead atoms. The van der Waals surface area contributed by atoms with E-state index in [1.54, 1.807) is 53.3 Å². The number of nitrogens with zero attached hydrogens (tertiary/aromatic N) is 6. The van der Waals surface area contributed by atoms with Crippen LogP contribution in [0.1, 0.15) is 20.8 Å². The number of benzene rings is 4. The first-order chi connectivity index (χ1) is 29.5. The average molecular weight is 1050 g/mol. The number of aromatic nitrogens is 2. The van der Waals surface area contributed by atoms with Crippen LogP contribution in [0.15, 0.2) is 70.1 Å². The van der Waals surface area contributed by atoms with Gasteiger partial charge in [0.25, 0.3) is 0 Å². The maximum Gasteiger partial charge on any atom is 0.410 e. The van der Waals surface area contributed by atoms with Crippen molar-refractivity contribution in [2.24, 2.45) is 0 Å². The highest BCUT2D eigenvalue weighted by molar-refractivity contribution is 9.11. The number of carbonyl (C=O) groups is 2. The summed E-state index contributed by atoms with van der Waals surface area (Å²) in [6, 6.07) is 13.4. The molecule has 326 valence electrons. The van der Waals surface area contributed by atoms with Gasteiger partial charge in [0, 0.05) is 94.3 Å². The Hall–Kier alpha value is -4.26. The molecule has 4 heterocycles. The van der Waals surface area contributed by atoms with Crippen molar-refractivity contribution in [2.75, 3.05) is 69.3 Å². The van der Waals surface area contributed by atoms with E-state index >= 15 is 8.78 Å². The summed E-state index contributed by atoms with van der Waals surface area (Å²) < 4.78 is 51.9. The topological polar surface area (TPSA) is 112 Å². The molecule has 62 heavy (non-hydrogen) atoms. The van der Waals surface area contributed by atoms with Crippen molar-refractivity contribution in [3.05, 3.63) is 91.8 Å². The molecule has 2 aliphatic rings. The largest absolute Gasteiger partial charge is 0.508 e. The fraction of sp³-hybridized carbons (Fsp3) is 0.302. The highest BCUT2D eigenvalue weighted by Crippen LogP contribution is 2.45. The standard InChI is InChI=1S/C23H24BrClFN3O3S.C20H16BrClFN3O2S/c1-23(2,3)32-22(30)29-9-7-28(8-10-29)21-15-12-17(25)18(19(26)20(15)27-33-21)14-11-13(31-4)5-6-16(14)24;1-2-16(28)25-5-7-26(8-6-25)20-13-10-15(22)17(18(23)19(13)24-29-20)12-9-11(27)3-4-14(12)21/h5-6,11-12H,7-10H2,1-4H3;2-4,9-10,27H,1,5-8H2. The van der Waals surface area contributed by atoms with Gasteiger partial charge in [-0.2, -0.15) is 8.75 Å². The molecule has 8 rings (SSSR count). The van der Waals surface area contributed by atoms with E-state index in [2.05, 4.69) is 57.0 Å².